The van der Waals surface area contributed by atoms with Crippen LogP contribution in [0.15, 0.2) is 77.6 Å². The minimum atomic E-state index is -1.43. The molecule has 0 spiro atoms. The first kappa shape index (κ1) is 32.3. The maximum Gasteiger partial charge on any atom is 0.310 e. The van der Waals surface area contributed by atoms with Crippen molar-refractivity contribution in [1.29, 1.82) is 0 Å². The second-order valence-corrected chi connectivity index (χ2v) is 19.0. The van der Waals surface area contributed by atoms with Crippen molar-refractivity contribution < 1.29 is 19.1 Å². The Morgan fingerprint density at radius 2 is 1.71 bits per heavy atom. The summed E-state index contributed by atoms with van der Waals surface area (Å²) in [7, 11) is -1.43. The number of carbonyl (C=O) groups excluding carboxylic acids is 2. The summed E-state index contributed by atoms with van der Waals surface area (Å²) in [6, 6.07) is 23.8. The van der Waals surface area contributed by atoms with Crippen LogP contribution < -0.4 is 10.3 Å². The average molecular weight is 626 g/mol. The Morgan fingerprint density at radius 3 is 2.44 bits per heavy atom. The fourth-order valence-electron chi connectivity index (χ4n) is 6.06. The standard InChI is InChI=1S/C36H43N3O5Si/c1-25-12-19-32-31(23-25)35(41)39(38-37-32)24-28-15-18-30(33(28)36(42)44-21-22-45(2,3)4)34(40)27-13-16-29(17-14-27)43-20-8-11-26-9-6-5-7-10-26/h5-7,9-10,12-14,16-17,19,23,28,30,33H,8,11,15,18,20-22,24H2,1-4H3. The van der Waals surface area contributed by atoms with E-state index in [1.807, 2.05) is 49.4 Å². The van der Waals surface area contributed by atoms with Gasteiger partial charge in [-0.1, -0.05) is 66.8 Å². The summed E-state index contributed by atoms with van der Waals surface area (Å²) in [5.41, 5.74) is 3.06. The third-order valence-electron chi connectivity index (χ3n) is 8.64. The normalized spacial score (nSPS) is 18.2. The Morgan fingerprint density at radius 1 is 0.956 bits per heavy atom. The van der Waals surface area contributed by atoms with Gasteiger partial charge >= 0.3 is 5.97 Å². The summed E-state index contributed by atoms with van der Waals surface area (Å²) in [6.07, 6.45) is 2.96. The zero-order chi connectivity index (χ0) is 32.0. The lowest BCUT2D eigenvalue weighted by molar-refractivity contribution is -0.150. The summed E-state index contributed by atoms with van der Waals surface area (Å²) >= 11 is 0. The van der Waals surface area contributed by atoms with Gasteiger partial charge in [0, 0.05) is 19.6 Å². The lowest BCUT2D eigenvalue weighted by Gasteiger charge is -2.24. The highest BCUT2D eigenvalue weighted by Crippen LogP contribution is 2.41. The monoisotopic (exact) mass is 625 g/mol. The van der Waals surface area contributed by atoms with Crippen LogP contribution in [0.4, 0.5) is 0 Å². The third-order valence-corrected chi connectivity index (χ3v) is 10.3. The van der Waals surface area contributed by atoms with E-state index in [0.29, 0.717) is 48.3 Å². The molecule has 5 rings (SSSR count). The zero-order valence-corrected chi connectivity index (χ0v) is 27.7. The van der Waals surface area contributed by atoms with Gasteiger partial charge in [0.05, 0.1) is 31.1 Å². The molecule has 45 heavy (non-hydrogen) atoms. The van der Waals surface area contributed by atoms with Crippen molar-refractivity contribution in [3.05, 3.63) is 99.8 Å². The molecule has 1 saturated carbocycles. The molecule has 3 atom stereocenters. The summed E-state index contributed by atoms with van der Waals surface area (Å²) in [6.45, 7) is 9.73. The molecule has 0 N–H and O–H groups in total. The van der Waals surface area contributed by atoms with Crippen LogP contribution in [0.3, 0.4) is 0 Å². The first-order chi connectivity index (χ1) is 21.6. The summed E-state index contributed by atoms with van der Waals surface area (Å²) < 4.78 is 13.1. The van der Waals surface area contributed by atoms with Crippen LogP contribution in [-0.4, -0.2) is 48.0 Å². The number of nitrogens with zero attached hydrogens (tertiary/aromatic N) is 3. The Hall–Kier alpha value is -4.11. The lowest BCUT2D eigenvalue weighted by Crippen LogP contribution is -2.36. The number of rotatable bonds is 13. The van der Waals surface area contributed by atoms with E-state index in [0.717, 1.165) is 24.4 Å². The van der Waals surface area contributed by atoms with Crippen molar-refractivity contribution >= 4 is 30.7 Å². The molecule has 1 heterocycles. The molecule has 1 aliphatic rings. The Kier molecular flexibility index (Phi) is 10.3. The van der Waals surface area contributed by atoms with Crippen LogP contribution in [0.25, 0.3) is 10.9 Å². The number of hydrogen-bond acceptors (Lipinski definition) is 7. The molecule has 1 aliphatic carbocycles. The van der Waals surface area contributed by atoms with Crippen LogP contribution >= 0.6 is 0 Å². The Balaban J connectivity index is 1.29. The minimum absolute atomic E-state index is 0.0900. The number of ketones is 1. The number of aromatic nitrogens is 3. The van der Waals surface area contributed by atoms with Gasteiger partial charge in [0.2, 0.25) is 0 Å². The molecule has 8 nitrogen and oxygen atoms in total. The van der Waals surface area contributed by atoms with Crippen molar-refractivity contribution in [3.8, 4) is 5.75 Å². The van der Waals surface area contributed by atoms with Gasteiger partial charge in [-0.2, -0.15) is 0 Å². The van der Waals surface area contributed by atoms with Crippen molar-refractivity contribution in [1.82, 2.24) is 15.0 Å². The number of fused-ring (bicyclic) bond motifs is 1. The molecule has 1 aromatic heterocycles. The molecule has 3 aromatic carbocycles. The molecule has 9 heteroatoms. The number of benzene rings is 3. The first-order valence-electron chi connectivity index (χ1n) is 15.9. The zero-order valence-electron chi connectivity index (χ0n) is 26.7. The highest BCUT2D eigenvalue weighted by molar-refractivity contribution is 6.76. The van der Waals surface area contributed by atoms with Gasteiger partial charge in [0.25, 0.3) is 5.56 Å². The smallest absolute Gasteiger partial charge is 0.310 e. The van der Waals surface area contributed by atoms with Crippen LogP contribution in [-0.2, 0) is 22.5 Å². The number of aryl methyl sites for hydroxylation is 2. The highest BCUT2D eigenvalue weighted by atomic mass is 28.3. The number of Topliss-reactive ketones (excluding diaryl/α,β-unsaturated/α-hetero) is 1. The van der Waals surface area contributed by atoms with E-state index in [4.69, 9.17) is 9.47 Å². The van der Waals surface area contributed by atoms with Gasteiger partial charge in [-0.15, -0.1) is 5.10 Å². The predicted octanol–water partition coefficient (Wildman–Crippen LogP) is 6.52. The quantitative estimate of drug-likeness (QED) is 0.0722. The Labute approximate surface area is 265 Å². The van der Waals surface area contributed by atoms with Crippen molar-refractivity contribution in [2.45, 2.75) is 64.8 Å². The molecule has 236 valence electrons. The van der Waals surface area contributed by atoms with Crippen LogP contribution in [0.5, 0.6) is 5.75 Å². The first-order valence-corrected chi connectivity index (χ1v) is 19.6. The average Bonchev–Trinajstić information content (AvgIpc) is 3.44. The molecule has 3 unspecified atom stereocenters. The van der Waals surface area contributed by atoms with E-state index < -0.39 is 19.9 Å². The van der Waals surface area contributed by atoms with Gasteiger partial charge in [-0.3, -0.25) is 14.4 Å². The number of carbonyl (C=O) groups is 2. The third kappa shape index (κ3) is 8.33. The lowest BCUT2D eigenvalue weighted by atomic mass is 9.84. The summed E-state index contributed by atoms with van der Waals surface area (Å²) in [5.74, 6) is -1.25. The molecule has 0 saturated heterocycles. The van der Waals surface area contributed by atoms with E-state index in [1.54, 1.807) is 18.2 Å². The molecule has 4 aromatic rings. The van der Waals surface area contributed by atoms with Gasteiger partial charge in [-0.05, 0) is 86.5 Å². The van der Waals surface area contributed by atoms with E-state index >= 15 is 0 Å². The van der Waals surface area contributed by atoms with Crippen molar-refractivity contribution in [3.63, 3.8) is 0 Å². The fraction of sp³-hybridized carbons (Fsp3) is 0.417. The van der Waals surface area contributed by atoms with E-state index in [9.17, 15) is 14.4 Å². The maximum absolute atomic E-state index is 13.9. The molecule has 0 aliphatic heterocycles. The van der Waals surface area contributed by atoms with E-state index in [-0.39, 0.29) is 29.8 Å². The topological polar surface area (TPSA) is 100 Å². The van der Waals surface area contributed by atoms with Crippen molar-refractivity contribution in [2.75, 3.05) is 13.2 Å². The maximum atomic E-state index is 13.9. The second-order valence-electron chi connectivity index (χ2n) is 13.4. The largest absolute Gasteiger partial charge is 0.494 e. The molecule has 0 radical (unpaired) electrons. The van der Waals surface area contributed by atoms with Crippen LogP contribution in [0, 0.1) is 24.7 Å². The minimum Gasteiger partial charge on any atom is -0.494 e. The van der Waals surface area contributed by atoms with Gasteiger partial charge in [0.1, 0.15) is 11.3 Å². The van der Waals surface area contributed by atoms with E-state index in [2.05, 4.69) is 42.1 Å². The second kappa shape index (κ2) is 14.3. The number of hydrogen-bond donors (Lipinski definition) is 0. The molecule has 0 bridgehead atoms. The predicted molar refractivity (Wildman–Crippen MR) is 178 cm³/mol. The van der Waals surface area contributed by atoms with Crippen LogP contribution in [0.2, 0.25) is 25.7 Å². The highest BCUT2D eigenvalue weighted by Gasteiger charge is 2.46. The molecule has 1 fully saturated rings. The molecular weight excluding hydrogens is 582 g/mol. The van der Waals surface area contributed by atoms with Crippen molar-refractivity contribution in [2.24, 2.45) is 17.8 Å². The van der Waals surface area contributed by atoms with Gasteiger partial charge in [0.15, 0.2) is 5.78 Å². The number of esters is 1. The SMILES string of the molecule is Cc1ccc2nnn(CC3CCC(C(=O)c4ccc(OCCCc5ccccc5)cc4)C3C(=O)OCC[Si](C)(C)C)c(=O)c2c1. The summed E-state index contributed by atoms with van der Waals surface area (Å²) in [4.78, 5) is 40.8. The number of ether oxygens (including phenoxy) is 2. The Bertz CT molecular complexity index is 1680. The van der Waals surface area contributed by atoms with Crippen LogP contribution in [0.1, 0.15) is 40.7 Å². The molecular formula is C36H43N3O5Si. The van der Waals surface area contributed by atoms with Gasteiger partial charge in [-0.25, -0.2) is 4.68 Å². The summed E-state index contributed by atoms with van der Waals surface area (Å²) in [5, 5.41) is 8.92. The molecule has 0 amide bonds. The van der Waals surface area contributed by atoms with Gasteiger partial charge < -0.3 is 9.47 Å². The van der Waals surface area contributed by atoms with E-state index in [1.165, 1.54) is 10.2 Å². The fourth-order valence-corrected chi connectivity index (χ4v) is 6.78.